The quantitative estimate of drug-likeness (QED) is 0.690. The zero-order valence-corrected chi connectivity index (χ0v) is 18.9. The summed E-state index contributed by atoms with van der Waals surface area (Å²) in [7, 11) is 0. The van der Waals surface area contributed by atoms with Gasteiger partial charge in [0.05, 0.1) is 30.3 Å². The molecule has 2 amide bonds. The number of anilines is 3. The molecule has 2 fully saturated rings. The smallest absolute Gasteiger partial charge is 0.255 e. The van der Waals surface area contributed by atoms with Gasteiger partial charge >= 0.3 is 0 Å². The molecule has 0 spiro atoms. The topological polar surface area (TPSA) is 73.9 Å². The summed E-state index contributed by atoms with van der Waals surface area (Å²) in [6, 6.07) is 13.1. The molecule has 2 heterocycles. The highest BCUT2D eigenvalue weighted by atomic mass is 35.5. The fraction of sp³-hybridized carbons (Fsp3) is 0.417. The Labute approximate surface area is 193 Å². The van der Waals surface area contributed by atoms with Gasteiger partial charge in [0, 0.05) is 43.2 Å². The van der Waals surface area contributed by atoms with Gasteiger partial charge in [0.1, 0.15) is 0 Å². The number of rotatable bonds is 6. The van der Waals surface area contributed by atoms with Crippen LogP contribution in [0.3, 0.4) is 0 Å². The van der Waals surface area contributed by atoms with E-state index in [1.54, 1.807) is 23.1 Å². The lowest BCUT2D eigenvalue weighted by molar-refractivity contribution is -0.114. The monoisotopic (exact) mass is 456 g/mol. The predicted octanol–water partition coefficient (Wildman–Crippen LogP) is 3.85. The van der Waals surface area contributed by atoms with Crippen molar-refractivity contribution in [2.24, 2.45) is 0 Å². The Hall–Kier alpha value is -2.77. The molecule has 0 aliphatic carbocycles. The van der Waals surface area contributed by atoms with Crippen LogP contribution in [0.5, 0.6) is 0 Å². The Bertz CT molecular complexity index is 939. The van der Waals surface area contributed by atoms with Crippen molar-refractivity contribution in [3.8, 4) is 0 Å². The Kier molecular flexibility index (Phi) is 7.50. The van der Waals surface area contributed by atoms with Crippen LogP contribution in [0.15, 0.2) is 42.5 Å². The van der Waals surface area contributed by atoms with Gasteiger partial charge in [0.2, 0.25) is 5.91 Å². The van der Waals surface area contributed by atoms with E-state index in [1.165, 1.54) is 24.9 Å². The second-order valence-corrected chi connectivity index (χ2v) is 8.50. The second kappa shape index (κ2) is 10.7. The van der Waals surface area contributed by atoms with E-state index in [-0.39, 0.29) is 18.4 Å². The molecule has 7 nitrogen and oxygen atoms in total. The van der Waals surface area contributed by atoms with Crippen LogP contribution in [0.25, 0.3) is 0 Å². The first kappa shape index (κ1) is 22.4. The summed E-state index contributed by atoms with van der Waals surface area (Å²) in [5.41, 5.74) is 3.10. The first-order valence-corrected chi connectivity index (χ1v) is 11.5. The third-order valence-electron chi connectivity index (χ3n) is 5.82. The van der Waals surface area contributed by atoms with Gasteiger partial charge in [-0.25, -0.2) is 0 Å². The lowest BCUT2D eigenvalue weighted by atomic mass is 10.1. The van der Waals surface area contributed by atoms with Gasteiger partial charge in [0.25, 0.3) is 5.91 Å². The fourth-order valence-electron chi connectivity index (χ4n) is 4.03. The summed E-state index contributed by atoms with van der Waals surface area (Å²) >= 11 is 6.34. The van der Waals surface area contributed by atoms with Crippen molar-refractivity contribution in [2.45, 2.75) is 19.3 Å². The summed E-state index contributed by atoms with van der Waals surface area (Å²) in [6.45, 7) is 4.49. The molecule has 4 rings (SSSR count). The van der Waals surface area contributed by atoms with E-state index >= 15 is 0 Å². The zero-order chi connectivity index (χ0) is 22.3. The summed E-state index contributed by atoms with van der Waals surface area (Å²) < 4.78 is 5.29. The molecule has 0 atom stereocenters. The minimum atomic E-state index is -0.152. The highest BCUT2D eigenvalue weighted by Crippen LogP contribution is 2.24. The molecular formula is C24H29ClN4O3. The molecule has 0 unspecified atom stereocenters. The van der Waals surface area contributed by atoms with Gasteiger partial charge < -0.3 is 25.2 Å². The second-order valence-electron chi connectivity index (χ2n) is 8.10. The van der Waals surface area contributed by atoms with Crippen molar-refractivity contribution in [3.63, 3.8) is 0 Å². The molecule has 2 aromatic carbocycles. The number of hydrogen-bond donors (Lipinski definition) is 2. The number of morpholine rings is 1. The van der Waals surface area contributed by atoms with Gasteiger partial charge in [-0.05, 0) is 61.7 Å². The number of nitrogens with zero attached hydrogens (tertiary/aromatic N) is 2. The van der Waals surface area contributed by atoms with E-state index < -0.39 is 0 Å². The summed E-state index contributed by atoms with van der Waals surface area (Å²) in [5, 5.41) is 6.33. The number of piperidine rings is 1. The molecule has 2 N–H and O–H groups in total. The van der Waals surface area contributed by atoms with Crippen molar-refractivity contribution in [1.29, 1.82) is 0 Å². The highest BCUT2D eigenvalue weighted by molar-refractivity contribution is 6.34. The predicted molar refractivity (Wildman–Crippen MR) is 128 cm³/mol. The van der Waals surface area contributed by atoms with Crippen molar-refractivity contribution in [1.82, 2.24) is 4.90 Å². The first-order valence-electron chi connectivity index (χ1n) is 11.2. The van der Waals surface area contributed by atoms with Gasteiger partial charge in [-0.15, -0.1) is 0 Å². The van der Waals surface area contributed by atoms with Gasteiger partial charge in [-0.2, -0.15) is 0 Å². The van der Waals surface area contributed by atoms with Crippen LogP contribution in [0.2, 0.25) is 5.02 Å². The zero-order valence-electron chi connectivity index (χ0n) is 18.1. The average molecular weight is 457 g/mol. The molecule has 0 bridgehead atoms. The number of ether oxygens (including phenoxy) is 1. The molecule has 2 aliphatic rings. The molecule has 32 heavy (non-hydrogen) atoms. The maximum Gasteiger partial charge on any atom is 0.255 e. The maximum atomic E-state index is 12.6. The maximum absolute atomic E-state index is 12.6. The number of carbonyl (C=O) groups excluding carboxylic acids is 2. The normalized spacial score (nSPS) is 16.5. The van der Waals surface area contributed by atoms with E-state index in [1.807, 2.05) is 12.1 Å². The molecule has 0 saturated carbocycles. The van der Waals surface area contributed by atoms with Crippen molar-refractivity contribution >= 4 is 40.5 Å². The van der Waals surface area contributed by atoms with Crippen LogP contribution < -0.4 is 15.5 Å². The Morgan fingerprint density at radius 2 is 1.59 bits per heavy atom. The molecular weight excluding hydrogens is 428 g/mol. The van der Waals surface area contributed by atoms with E-state index in [4.69, 9.17) is 16.3 Å². The Morgan fingerprint density at radius 3 is 2.28 bits per heavy atom. The minimum Gasteiger partial charge on any atom is -0.378 e. The Balaban J connectivity index is 1.28. The van der Waals surface area contributed by atoms with Gasteiger partial charge in [0.15, 0.2) is 0 Å². The number of benzene rings is 2. The van der Waals surface area contributed by atoms with E-state index in [0.29, 0.717) is 42.6 Å². The molecule has 0 radical (unpaired) electrons. The number of amides is 2. The third-order valence-corrected chi connectivity index (χ3v) is 6.14. The van der Waals surface area contributed by atoms with Crippen LogP contribution in [0, 0.1) is 0 Å². The highest BCUT2D eigenvalue weighted by Gasteiger charge is 2.20. The van der Waals surface area contributed by atoms with E-state index in [2.05, 4.69) is 27.7 Å². The number of halogens is 1. The van der Waals surface area contributed by atoms with Crippen LogP contribution in [-0.4, -0.2) is 62.7 Å². The Morgan fingerprint density at radius 1 is 0.906 bits per heavy atom. The molecule has 0 aromatic heterocycles. The molecule has 170 valence electrons. The van der Waals surface area contributed by atoms with Crippen LogP contribution in [0.4, 0.5) is 17.1 Å². The average Bonchev–Trinajstić information content (AvgIpc) is 2.84. The van der Waals surface area contributed by atoms with E-state index in [9.17, 15) is 9.59 Å². The largest absolute Gasteiger partial charge is 0.378 e. The summed E-state index contributed by atoms with van der Waals surface area (Å²) in [4.78, 5) is 29.1. The standard InChI is InChI=1S/C24H29ClN4O3/c25-22-16-19(6-9-21(22)24(31)29-12-14-32-15-13-29)26-17-23(30)27-18-4-7-20(8-5-18)28-10-2-1-3-11-28/h4-9,16,26H,1-3,10-15,17H2,(H,27,30). The third kappa shape index (κ3) is 5.72. The van der Waals surface area contributed by atoms with Gasteiger partial charge in [-0.1, -0.05) is 11.6 Å². The van der Waals surface area contributed by atoms with Crippen LogP contribution in [0.1, 0.15) is 29.6 Å². The molecule has 2 saturated heterocycles. The van der Waals surface area contributed by atoms with Crippen molar-refractivity contribution < 1.29 is 14.3 Å². The number of nitrogens with one attached hydrogen (secondary N) is 2. The molecule has 2 aliphatic heterocycles. The minimum absolute atomic E-state index is 0.0982. The fourth-order valence-corrected chi connectivity index (χ4v) is 4.29. The first-order chi connectivity index (χ1) is 15.6. The lowest BCUT2D eigenvalue weighted by Gasteiger charge is -2.28. The van der Waals surface area contributed by atoms with Crippen molar-refractivity contribution in [3.05, 3.63) is 53.1 Å². The van der Waals surface area contributed by atoms with Gasteiger partial charge in [-0.3, -0.25) is 9.59 Å². The SMILES string of the molecule is O=C(CNc1ccc(C(=O)N2CCOCC2)c(Cl)c1)Nc1ccc(N2CCCCC2)cc1. The number of carbonyl (C=O) groups is 2. The summed E-state index contributed by atoms with van der Waals surface area (Å²) in [6.07, 6.45) is 3.77. The molecule has 2 aromatic rings. The van der Waals surface area contributed by atoms with Crippen LogP contribution in [-0.2, 0) is 9.53 Å². The van der Waals surface area contributed by atoms with Crippen molar-refractivity contribution in [2.75, 3.05) is 61.5 Å². The number of hydrogen-bond acceptors (Lipinski definition) is 5. The van der Waals surface area contributed by atoms with Crippen LogP contribution >= 0.6 is 11.6 Å². The lowest BCUT2D eigenvalue weighted by Crippen LogP contribution is -2.40. The van der Waals surface area contributed by atoms with E-state index in [0.717, 1.165) is 18.8 Å². The molecule has 8 heteroatoms. The summed E-state index contributed by atoms with van der Waals surface area (Å²) in [5.74, 6) is -0.254.